The summed E-state index contributed by atoms with van der Waals surface area (Å²) >= 11 is 0. The molecule has 1 rings (SSSR count). The lowest BCUT2D eigenvalue weighted by atomic mass is 10.2. The molecule has 0 aromatic heterocycles. The van der Waals surface area contributed by atoms with Gasteiger partial charge < -0.3 is 10.2 Å². The highest BCUT2D eigenvalue weighted by molar-refractivity contribution is 5.82. The largest absolute Gasteiger partial charge is 0.338 e. The molecule has 1 amide bonds. The van der Waals surface area contributed by atoms with Crippen molar-refractivity contribution >= 4 is 5.91 Å². The van der Waals surface area contributed by atoms with Crippen LogP contribution < -0.4 is 5.32 Å². The van der Waals surface area contributed by atoms with Gasteiger partial charge in [-0.3, -0.25) is 4.79 Å². The minimum absolute atomic E-state index is 0.0569. The van der Waals surface area contributed by atoms with Crippen LogP contribution in [0.15, 0.2) is 12.7 Å². The molecule has 0 radical (unpaired) electrons. The summed E-state index contributed by atoms with van der Waals surface area (Å²) in [6.45, 7) is 8.25. The number of carbonyl (C=O) groups excluding carboxylic acids is 1. The van der Waals surface area contributed by atoms with Gasteiger partial charge in [-0.1, -0.05) is 13.0 Å². The van der Waals surface area contributed by atoms with Crippen molar-refractivity contribution in [1.82, 2.24) is 10.2 Å². The van der Waals surface area contributed by atoms with Crippen LogP contribution in [0.2, 0.25) is 0 Å². The highest BCUT2D eigenvalue weighted by Gasteiger charge is 2.25. The molecule has 1 atom stereocenters. The van der Waals surface area contributed by atoms with Gasteiger partial charge in [0.2, 0.25) is 5.91 Å². The maximum atomic E-state index is 11.9. The predicted molar refractivity (Wildman–Crippen MR) is 58.1 cm³/mol. The van der Waals surface area contributed by atoms with Crippen LogP contribution in [0.25, 0.3) is 0 Å². The molecule has 3 heteroatoms. The molecule has 3 nitrogen and oxygen atoms in total. The van der Waals surface area contributed by atoms with E-state index in [0.29, 0.717) is 6.54 Å². The highest BCUT2D eigenvalue weighted by Crippen LogP contribution is 2.08. The summed E-state index contributed by atoms with van der Waals surface area (Å²) in [6.07, 6.45) is 4.90. The number of amides is 1. The molecule has 80 valence electrons. The lowest BCUT2D eigenvalue weighted by Gasteiger charge is -2.23. The maximum Gasteiger partial charge on any atom is 0.239 e. The number of nitrogens with zero attached hydrogens (tertiary/aromatic N) is 1. The molecule has 1 unspecified atom stereocenters. The van der Waals surface area contributed by atoms with E-state index in [2.05, 4.69) is 18.8 Å². The molecule has 0 saturated carbocycles. The molecule has 0 aromatic carbocycles. The zero-order valence-electron chi connectivity index (χ0n) is 8.96. The minimum atomic E-state index is 0.0569. The van der Waals surface area contributed by atoms with Crippen LogP contribution in [0.3, 0.4) is 0 Å². The number of nitrogens with one attached hydrogen (secondary N) is 1. The van der Waals surface area contributed by atoms with Crippen LogP contribution in [0.1, 0.15) is 26.2 Å². The Labute approximate surface area is 86.2 Å². The van der Waals surface area contributed by atoms with Gasteiger partial charge in [0.05, 0.1) is 6.04 Å². The average molecular weight is 196 g/mol. The van der Waals surface area contributed by atoms with Crippen molar-refractivity contribution in [3.05, 3.63) is 12.7 Å². The Hall–Kier alpha value is -0.830. The van der Waals surface area contributed by atoms with Crippen molar-refractivity contribution in [3.8, 4) is 0 Å². The summed E-state index contributed by atoms with van der Waals surface area (Å²) in [6, 6.07) is 0.0569. The van der Waals surface area contributed by atoms with Gasteiger partial charge in [0.15, 0.2) is 0 Å². The summed E-state index contributed by atoms with van der Waals surface area (Å²) in [5.74, 6) is 0.240. The first-order valence-corrected chi connectivity index (χ1v) is 5.42. The zero-order chi connectivity index (χ0) is 10.4. The number of hydrogen-bond donors (Lipinski definition) is 1. The second-order valence-corrected chi connectivity index (χ2v) is 3.72. The Morgan fingerprint density at radius 3 is 3.00 bits per heavy atom. The standard InChI is InChI=1S/C11H20N2O/c1-3-8-13(9-4-2)11(14)10-6-5-7-12-10/h3,10,12H,1,4-9H2,2H3. The molecule has 1 saturated heterocycles. The van der Waals surface area contributed by atoms with E-state index in [1.54, 1.807) is 6.08 Å². The van der Waals surface area contributed by atoms with Crippen molar-refractivity contribution in [2.75, 3.05) is 19.6 Å². The van der Waals surface area contributed by atoms with E-state index in [-0.39, 0.29) is 11.9 Å². The van der Waals surface area contributed by atoms with E-state index in [9.17, 15) is 4.79 Å². The molecular formula is C11H20N2O. The molecule has 0 bridgehead atoms. The minimum Gasteiger partial charge on any atom is -0.338 e. The topological polar surface area (TPSA) is 32.3 Å². The van der Waals surface area contributed by atoms with E-state index < -0.39 is 0 Å². The smallest absolute Gasteiger partial charge is 0.239 e. The molecule has 0 aromatic rings. The van der Waals surface area contributed by atoms with Crippen LogP contribution in [0.4, 0.5) is 0 Å². The second kappa shape index (κ2) is 5.81. The molecule has 1 aliphatic rings. The van der Waals surface area contributed by atoms with Crippen molar-refractivity contribution in [1.29, 1.82) is 0 Å². The van der Waals surface area contributed by atoms with Crippen LogP contribution in [-0.4, -0.2) is 36.5 Å². The van der Waals surface area contributed by atoms with E-state index in [4.69, 9.17) is 0 Å². The van der Waals surface area contributed by atoms with Gasteiger partial charge in [-0.25, -0.2) is 0 Å². The van der Waals surface area contributed by atoms with Crippen LogP contribution in [0.5, 0.6) is 0 Å². The Kier molecular flexibility index (Phi) is 4.66. The predicted octanol–water partition coefficient (Wildman–Crippen LogP) is 1.16. The van der Waals surface area contributed by atoms with E-state index >= 15 is 0 Å². The van der Waals surface area contributed by atoms with Gasteiger partial charge in [0, 0.05) is 13.1 Å². The van der Waals surface area contributed by atoms with Gasteiger partial charge in [0.25, 0.3) is 0 Å². The number of rotatable bonds is 5. The highest BCUT2D eigenvalue weighted by atomic mass is 16.2. The van der Waals surface area contributed by atoms with E-state index in [1.807, 2.05) is 4.90 Å². The fourth-order valence-electron chi connectivity index (χ4n) is 1.83. The van der Waals surface area contributed by atoms with Gasteiger partial charge in [-0.15, -0.1) is 6.58 Å². The summed E-state index contributed by atoms with van der Waals surface area (Å²) in [4.78, 5) is 13.8. The van der Waals surface area contributed by atoms with E-state index in [1.165, 1.54) is 0 Å². The Morgan fingerprint density at radius 2 is 2.50 bits per heavy atom. The van der Waals surface area contributed by atoms with Crippen LogP contribution in [0, 0.1) is 0 Å². The molecule has 1 N–H and O–H groups in total. The summed E-state index contributed by atoms with van der Waals surface area (Å²) < 4.78 is 0. The molecule has 1 heterocycles. The van der Waals surface area contributed by atoms with Crippen molar-refractivity contribution < 1.29 is 4.79 Å². The lowest BCUT2D eigenvalue weighted by molar-refractivity contribution is -0.132. The maximum absolute atomic E-state index is 11.9. The first-order chi connectivity index (χ1) is 6.79. The van der Waals surface area contributed by atoms with Crippen molar-refractivity contribution in [3.63, 3.8) is 0 Å². The molecular weight excluding hydrogens is 176 g/mol. The van der Waals surface area contributed by atoms with Gasteiger partial charge in [-0.2, -0.15) is 0 Å². The Bertz CT molecular complexity index is 197. The Balaban J connectivity index is 2.47. The number of hydrogen-bond acceptors (Lipinski definition) is 2. The molecule has 0 spiro atoms. The summed E-state index contributed by atoms with van der Waals surface area (Å²) in [5, 5.41) is 3.23. The fraction of sp³-hybridized carbons (Fsp3) is 0.727. The lowest BCUT2D eigenvalue weighted by Crippen LogP contribution is -2.43. The van der Waals surface area contributed by atoms with Crippen LogP contribution in [-0.2, 0) is 4.79 Å². The zero-order valence-corrected chi connectivity index (χ0v) is 8.96. The van der Waals surface area contributed by atoms with Gasteiger partial charge >= 0.3 is 0 Å². The number of carbonyl (C=O) groups is 1. The first-order valence-electron chi connectivity index (χ1n) is 5.42. The van der Waals surface area contributed by atoms with Gasteiger partial charge in [-0.05, 0) is 25.8 Å². The second-order valence-electron chi connectivity index (χ2n) is 3.72. The molecule has 1 fully saturated rings. The monoisotopic (exact) mass is 196 g/mol. The normalized spacial score (nSPS) is 20.8. The third-order valence-corrected chi connectivity index (χ3v) is 2.51. The molecule has 14 heavy (non-hydrogen) atoms. The van der Waals surface area contributed by atoms with E-state index in [0.717, 1.165) is 32.4 Å². The third kappa shape index (κ3) is 2.84. The first kappa shape index (κ1) is 11.2. The average Bonchev–Trinajstić information content (AvgIpc) is 2.69. The molecule has 0 aliphatic carbocycles. The third-order valence-electron chi connectivity index (χ3n) is 2.51. The summed E-state index contributed by atoms with van der Waals surface area (Å²) in [5.41, 5.74) is 0. The van der Waals surface area contributed by atoms with Gasteiger partial charge in [0.1, 0.15) is 0 Å². The fourth-order valence-corrected chi connectivity index (χ4v) is 1.83. The quantitative estimate of drug-likeness (QED) is 0.669. The molecule has 1 aliphatic heterocycles. The van der Waals surface area contributed by atoms with Crippen molar-refractivity contribution in [2.45, 2.75) is 32.2 Å². The summed E-state index contributed by atoms with van der Waals surface area (Å²) in [7, 11) is 0. The Morgan fingerprint density at radius 1 is 1.71 bits per heavy atom. The van der Waals surface area contributed by atoms with Crippen molar-refractivity contribution in [2.24, 2.45) is 0 Å². The SMILES string of the molecule is C=CCN(CCC)C(=O)C1CCCN1. The van der Waals surface area contributed by atoms with Crippen LogP contribution >= 0.6 is 0 Å².